The minimum absolute atomic E-state index is 0.00144. The van der Waals surface area contributed by atoms with E-state index in [4.69, 9.17) is 123 Å². The summed E-state index contributed by atoms with van der Waals surface area (Å²) in [5.41, 5.74) is 63.4. The zero-order valence-corrected chi connectivity index (χ0v) is 77.2. The molecule has 720 valence electrons. The molecule has 52 heteroatoms. The van der Waals surface area contributed by atoms with Crippen molar-refractivity contribution in [3.8, 4) is 11.7 Å². The van der Waals surface area contributed by atoms with Crippen LogP contribution in [0.15, 0.2) is 229 Å². The number of fused-ring (bicyclic) bond motifs is 1. The molecule has 6 aromatic carbocycles. The number of nitrogens with two attached hydrogens (primary N) is 10. The Morgan fingerprint density at radius 2 is 0.878 bits per heavy atom. The molecule has 13 aromatic rings. The summed E-state index contributed by atoms with van der Waals surface area (Å²) in [4.78, 5) is 139. The van der Waals surface area contributed by atoms with Gasteiger partial charge < -0.3 is 103 Å². The van der Waals surface area contributed by atoms with Crippen molar-refractivity contribution in [2.75, 3.05) is 45.5 Å². The smallest absolute Gasteiger partial charge is 0.347 e. The number of nitrogens with zero attached hydrogens (tertiary/aromatic N) is 24. The number of aromatic carboxylic acids is 1. The molecule has 2 saturated carbocycles. The van der Waals surface area contributed by atoms with E-state index in [-0.39, 0.29) is 110 Å². The number of nitrogen functional groups attached to an aromatic ring is 1. The van der Waals surface area contributed by atoms with Crippen molar-refractivity contribution in [3.63, 3.8) is 0 Å². The van der Waals surface area contributed by atoms with Gasteiger partial charge in [0.1, 0.15) is 99.5 Å². The SMILES string of the molecule is CCOC(=O)c1cnc(Cl)nc1Cl.CCOC(=O)c1cnc(Cl)nc1Nc1ccc(N=CN=CN)cc1.NC=NC=Nc1ccc(Nc2nc(Cl)ncc2C(=O)O)cc1.NC=NC=Nc1ccc(Nc2nc(N[C@@H]3CCCC[C@@H]3N)ncc2C(N)=O)cc1.NC=NC=Nc1ccc(Nc2nc(On3nnc4ccccc43)ncc2C(N)=O)cc1.N[C@@H]1CCCC[C@@H]1N.Nc1ccc(-n2cncn2)cc1. The molecule has 0 radical (unpaired) electrons. The standard InChI is InChI=1S/C19H16N10O2.C19H25N9O.C15H15ClN6O2.C13H11ClN6O2.C8H8N4.C7H6Cl2N2O2.C6H14N2/c20-10-22-11-24-12-5-7-13(8-6-12)25-18-14(17(21)30)9-23-19(26-18)31-29-16-4-2-1-3-15(16)27-28-29;20-10-23-11-25-12-5-7-13(8-6-12)26-18-14(17(22)29)9-24-19(28-18)27-16-4-2-1-3-15(16)21;1-2-24-14(23)12-7-19-15(16)22-13(12)21-11-5-3-10(4-6-11)20-9-18-8-17;14-13-17-5-10(12(21)22)11(20-13)19-9-3-1-8(2-4-9)18-7-16-6-15;9-7-1-3-8(4-2-7)12-6-10-5-11-12;1-2-13-6(12)4-3-10-7(9)11-5(4)8;7-5-3-1-2-4-6(5)8/h1-11H,(H2,21,30)(H2,20,22,24)(H,23,25,26);5-11,15-16H,1-4,21H2,(H2,22,29)(H2,20,23,25)(H2,24,26,27,28);3-9H,2H2,1H3,(H2,17,18,20)(H,19,21,22);1-7H,(H,21,22)(H2,15,16,18)(H,17,19,20);1-6H,9H2;3H,2H2,1H3;5-6H,1-4,7-8H2/t;15-,16+;;;;;5-,6+/m.0...../s1. The van der Waals surface area contributed by atoms with Crippen molar-refractivity contribution in [2.45, 2.75) is 89.4 Å². The molecular weight excluding hydrogens is 1880 g/mol. The zero-order valence-electron chi connectivity index (χ0n) is 74.1. The van der Waals surface area contributed by atoms with Crippen LogP contribution in [0.1, 0.15) is 117 Å². The van der Waals surface area contributed by atoms with Crippen molar-refractivity contribution >= 4 is 218 Å². The molecule has 139 heavy (non-hydrogen) atoms. The van der Waals surface area contributed by atoms with Gasteiger partial charge in [-0.25, -0.2) is 93.9 Å². The van der Waals surface area contributed by atoms with E-state index in [1.165, 1.54) is 74.2 Å². The monoisotopic (exact) mass is 1970 g/mol. The molecule has 48 nitrogen and oxygen atoms in total. The molecular formula is C87H95Cl4N39O9. The summed E-state index contributed by atoms with van der Waals surface area (Å²) < 4.78 is 11.4. The average Bonchev–Trinajstić information content (AvgIpc) is 1.68. The first-order valence-corrected chi connectivity index (χ1v) is 43.2. The number of carbonyl (C=O) groups is 5. The molecule has 0 spiro atoms. The van der Waals surface area contributed by atoms with Gasteiger partial charge in [-0.3, -0.25) is 9.59 Å². The summed E-state index contributed by atoms with van der Waals surface area (Å²) in [7, 11) is 0. The molecule has 2 fully saturated rings. The van der Waals surface area contributed by atoms with E-state index in [9.17, 15) is 24.0 Å². The van der Waals surface area contributed by atoms with E-state index in [1.807, 2.05) is 36.4 Å². The van der Waals surface area contributed by atoms with Crippen LogP contribution < -0.4 is 88.8 Å². The van der Waals surface area contributed by atoms with Crippen LogP contribution in [0.4, 0.5) is 80.4 Å². The van der Waals surface area contributed by atoms with Gasteiger partial charge in [0.15, 0.2) is 5.82 Å². The van der Waals surface area contributed by atoms with Crippen molar-refractivity contribution < 1.29 is 43.4 Å². The predicted octanol–water partition coefficient (Wildman–Crippen LogP) is 11.1. The highest BCUT2D eigenvalue weighted by atomic mass is 35.5. The van der Waals surface area contributed by atoms with Gasteiger partial charge in [0.05, 0.1) is 67.0 Å². The molecule has 0 saturated heterocycles. The number of carboxylic acids is 1. The fourth-order valence-electron chi connectivity index (χ4n) is 11.8. The maximum absolute atomic E-state index is 11.9. The lowest BCUT2D eigenvalue weighted by molar-refractivity contribution is 0.0516. The first-order chi connectivity index (χ1) is 67.2. The van der Waals surface area contributed by atoms with Crippen LogP contribution in [0, 0.1) is 0 Å². The molecule has 2 amide bonds. The fourth-order valence-corrected chi connectivity index (χ4v) is 12.5. The minimum atomic E-state index is -1.15. The number of ether oxygens (including phenoxy) is 2. The Bertz CT molecular complexity index is 6420. The van der Waals surface area contributed by atoms with Gasteiger partial charge in [0, 0.05) is 83.6 Å². The number of benzene rings is 6. The lowest BCUT2D eigenvalue weighted by atomic mass is 9.91. The number of primary amides is 2. The van der Waals surface area contributed by atoms with Gasteiger partial charge >= 0.3 is 23.9 Å². The number of anilines is 10. The molecule has 0 aliphatic heterocycles. The second-order valence-electron chi connectivity index (χ2n) is 28.1. The number of aromatic nitrogens is 16. The Labute approximate surface area is 813 Å². The van der Waals surface area contributed by atoms with E-state index < -0.39 is 29.7 Å². The van der Waals surface area contributed by atoms with Crippen LogP contribution >= 0.6 is 46.4 Å². The van der Waals surface area contributed by atoms with Crippen LogP contribution in [-0.4, -0.2) is 203 Å². The molecule has 0 bridgehead atoms. The third-order valence-electron chi connectivity index (χ3n) is 18.6. The van der Waals surface area contributed by atoms with E-state index in [1.54, 1.807) is 134 Å². The summed E-state index contributed by atoms with van der Waals surface area (Å²) in [6.07, 6.45) is 28.4. The number of hydrogen-bond donors (Lipinski definition) is 16. The normalized spacial score (nSPS) is 14.3. The molecule has 7 aromatic heterocycles. The lowest BCUT2D eigenvalue weighted by Crippen LogP contribution is -2.43. The highest BCUT2D eigenvalue weighted by Crippen LogP contribution is 2.30. The number of esters is 2. The molecule has 7 heterocycles. The maximum atomic E-state index is 11.9. The van der Waals surface area contributed by atoms with E-state index >= 15 is 0 Å². The number of carbonyl (C=O) groups excluding carboxylic acids is 4. The molecule has 26 N–H and O–H groups in total. The van der Waals surface area contributed by atoms with Crippen molar-refractivity contribution in [1.82, 2.24) is 79.8 Å². The summed E-state index contributed by atoms with van der Waals surface area (Å²) >= 11 is 22.6. The first-order valence-electron chi connectivity index (χ1n) is 41.6. The van der Waals surface area contributed by atoms with Crippen LogP contribution in [0.25, 0.3) is 16.7 Å². The van der Waals surface area contributed by atoms with Gasteiger partial charge in [0.2, 0.25) is 21.8 Å². The number of amides is 2. The van der Waals surface area contributed by atoms with Crippen molar-refractivity contribution in [3.05, 3.63) is 238 Å². The average molecular weight is 1970 g/mol. The second kappa shape index (κ2) is 56.1. The Hall–Kier alpha value is -17.2. The Morgan fingerprint density at radius 3 is 1.30 bits per heavy atom. The Morgan fingerprint density at radius 1 is 0.475 bits per heavy atom. The van der Waals surface area contributed by atoms with E-state index in [0.29, 0.717) is 68.3 Å². The summed E-state index contributed by atoms with van der Waals surface area (Å²) in [5.74, 6) is -2.28. The van der Waals surface area contributed by atoms with E-state index in [2.05, 4.69) is 137 Å². The largest absolute Gasteiger partial charge is 0.477 e. The molecule has 2 aliphatic rings. The van der Waals surface area contributed by atoms with Crippen LogP contribution in [0.2, 0.25) is 21.0 Å². The number of para-hydroxylation sites is 1. The first kappa shape index (κ1) is 106. The van der Waals surface area contributed by atoms with Crippen LogP contribution in [0.3, 0.4) is 0 Å². The number of aliphatic imine (C=N–C) groups is 8. The number of halogens is 4. The summed E-state index contributed by atoms with van der Waals surface area (Å²) in [5, 5.41) is 36.3. The number of nitrogens with one attached hydrogen (secondary N) is 5. The second-order valence-corrected chi connectivity index (χ2v) is 29.5. The van der Waals surface area contributed by atoms with Crippen molar-refractivity contribution in [2.24, 2.45) is 91.5 Å². The zero-order chi connectivity index (χ0) is 99.8. The summed E-state index contributed by atoms with van der Waals surface area (Å²) in [6, 6.07) is 43.4. The molecule has 4 atom stereocenters. The molecule has 15 rings (SSSR count). The number of hydrogen-bond acceptors (Lipinski definition) is 35. The van der Waals surface area contributed by atoms with Crippen LogP contribution in [0.5, 0.6) is 6.01 Å². The highest BCUT2D eigenvalue weighted by molar-refractivity contribution is 6.34. The van der Waals surface area contributed by atoms with Gasteiger partial charge in [-0.05, 0) is 213 Å². The predicted molar refractivity (Wildman–Crippen MR) is 536 cm³/mol. The van der Waals surface area contributed by atoms with Gasteiger partial charge in [0.25, 0.3) is 11.8 Å². The molecule has 0 unspecified atom stereocenters. The van der Waals surface area contributed by atoms with Gasteiger partial charge in [-0.1, -0.05) is 54.3 Å². The van der Waals surface area contributed by atoms with Crippen LogP contribution in [-0.2, 0) is 9.47 Å². The highest BCUT2D eigenvalue weighted by Gasteiger charge is 2.25. The third kappa shape index (κ3) is 35.0. The van der Waals surface area contributed by atoms with Gasteiger partial charge in [-0.2, -0.15) is 25.0 Å². The number of carboxylic acid groups (broad SMARTS) is 1. The minimum Gasteiger partial charge on any atom is -0.477 e. The number of rotatable bonds is 28. The van der Waals surface area contributed by atoms with E-state index in [0.717, 1.165) is 81.5 Å². The Kier molecular flexibility index (Phi) is 42.6. The topological polar surface area (TPSA) is 743 Å². The summed E-state index contributed by atoms with van der Waals surface area (Å²) in [6.45, 7) is 3.94. The fraction of sp³-hybridized carbons (Fsp3) is 0.184. The lowest BCUT2D eigenvalue weighted by Gasteiger charge is -2.29. The Balaban J connectivity index is 0.000000188. The van der Waals surface area contributed by atoms with Gasteiger partial charge in [-0.15, -0.1) is 5.10 Å². The molecule has 2 aliphatic carbocycles. The van der Waals surface area contributed by atoms with Crippen molar-refractivity contribution in [1.29, 1.82) is 0 Å². The quantitative estimate of drug-likeness (QED) is 0.00541. The maximum Gasteiger partial charge on any atom is 0.347 e. The third-order valence-corrected chi connectivity index (χ3v) is 19.4.